The molecule has 0 bridgehead atoms. The van der Waals surface area contributed by atoms with Crippen LogP contribution in [0.1, 0.15) is 37.3 Å². The summed E-state index contributed by atoms with van der Waals surface area (Å²) >= 11 is 0. The van der Waals surface area contributed by atoms with Gasteiger partial charge >= 0.3 is 5.97 Å². The third-order valence-electron chi connectivity index (χ3n) is 5.71. The van der Waals surface area contributed by atoms with Crippen molar-refractivity contribution in [2.24, 2.45) is 5.92 Å². The summed E-state index contributed by atoms with van der Waals surface area (Å²) in [6.45, 7) is 4.35. The number of piperidine rings is 1. The molecule has 1 unspecified atom stereocenters. The quantitative estimate of drug-likeness (QED) is 0.772. The Morgan fingerprint density at radius 2 is 1.61 bits per heavy atom. The van der Waals surface area contributed by atoms with Crippen LogP contribution in [0, 0.1) is 5.92 Å². The average Bonchev–Trinajstić information content (AvgIpc) is 2.73. The lowest BCUT2D eigenvalue weighted by Crippen LogP contribution is -2.54. The molecule has 5 nitrogen and oxygen atoms in total. The van der Waals surface area contributed by atoms with E-state index in [-0.39, 0.29) is 11.8 Å². The van der Waals surface area contributed by atoms with Crippen molar-refractivity contribution < 1.29 is 14.7 Å². The number of benzene rings is 2. The van der Waals surface area contributed by atoms with E-state index in [0.717, 1.165) is 32.5 Å². The summed E-state index contributed by atoms with van der Waals surface area (Å²) in [4.78, 5) is 27.4. The van der Waals surface area contributed by atoms with Crippen molar-refractivity contribution in [1.82, 2.24) is 10.2 Å². The van der Waals surface area contributed by atoms with Gasteiger partial charge in [-0.1, -0.05) is 67.6 Å². The monoisotopic (exact) mass is 380 g/mol. The van der Waals surface area contributed by atoms with Crippen LogP contribution in [0.15, 0.2) is 60.7 Å². The van der Waals surface area contributed by atoms with Crippen LogP contribution in [-0.4, -0.2) is 35.0 Å². The van der Waals surface area contributed by atoms with Crippen molar-refractivity contribution in [2.45, 2.75) is 38.3 Å². The molecule has 2 aromatic rings. The Hall–Kier alpha value is -2.66. The third-order valence-corrected chi connectivity index (χ3v) is 5.71. The number of hydrogen-bond acceptors (Lipinski definition) is 3. The fourth-order valence-electron chi connectivity index (χ4n) is 3.92. The topological polar surface area (TPSA) is 69.6 Å². The second-order valence-corrected chi connectivity index (χ2v) is 7.46. The number of nitrogens with one attached hydrogen (secondary N) is 1. The largest absolute Gasteiger partial charge is 0.479 e. The van der Waals surface area contributed by atoms with E-state index in [1.807, 2.05) is 24.3 Å². The average molecular weight is 380 g/mol. The Bertz CT molecular complexity index is 786. The number of likely N-dealkylation sites (tertiary alicyclic amines) is 1. The van der Waals surface area contributed by atoms with Crippen LogP contribution in [-0.2, 0) is 21.7 Å². The lowest BCUT2D eigenvalue weighted by molar-refractivity contribution is -0.149. The molecule has 2 aromatic carbocycles. The number of carboxylic acids is 1. The van der Waals surface area contributed by atoms with E-state index < -0.39 is 11.5 Å². The van der Waals surface area contributed by atoms with Crippen molar-refractivity contribution in [3.63, 3.8) is 0 Å². The zero-order valence-electron chi connectivity index (χ0n) is 16.3. The molecule has 0 aromatic heterocycles. The summed E-state index contributed by atoms with van der Waals surface area (Å²) in [7, 11) is 0. The SMILES string of the molecule is CCC(NC(=O)C1CCN(Cc2ccccc2)CC1)(C(=O)O)c1ccccc1. The van der Waals surface area contributed by atoms with Gasteiger partial charge in [-0.15, -0.1) is 0 Å². The van der Waals surface area contributed by atoms with Gasteiger partial charge in [0.1, 0.15) is 0 Å². The van der Waals surface area contributed by atoms with Gasteiger partial charge in [0.2, 0.25) is 5.91 Å². The van der Waals surface area contributed by atoms with E-state index in [0.29, 0.717) is 12.0 Å². The molecular formula is C23H28N2O3. The fraction of sp³-hybridized carbons (Fsp3) is 0.391. The van der Waals surface area contributed by atoms with Crippen LogP contribution >= 0.6 is 0 Å². The first-order valence-corrected chi connectivity index (χ1v) is 9.92. The summed E-state index contributed by atoms with van der Waals surface area (Å²) in [5.74, 6) is -1.33. The summed E-state index contributed by atoms with van der Waals surface area (Å²) in [5, 5.41) is 12.8. The minimum atomic E-state index is -1.38. The van der Waals surface area contributed by atoms with Gasteiger partial charge in [-0.25, -0.2) is 4.79 Å². The minimum absolute atomic E-state index is 0.152. The first kappa shape index (κ1) is 20.1. The second-order valence-electron chi connectivity index (χ2n) is 7.46. The lowest BCUT2D eigenvalue weighted by atomic mass is 9.85. The standard InChI is InChI=1S/C23H28N2O3/c1-2-23(22(27)28,20-11-7-4-8-12-20)24-21(26)19-13-15-25(16-14-19)17-18-9-5-3-6-10-18/h3-12,19H,2,13-17H2,1H3,(H,24,26)(H,27,28). The lowest BCUT2D eigenvalue weighted by Gasteiger charge is -2.35. The maximum atomic E-state index is 12.9. The molecule has 0 spiro atoms. The molecular weight excluding hydrogens is 352 g/mol. The Morgan fingerprint density at radius 1 is 1.04 bits per heavy atom. The number of rotatable bonds is 7. The van der Waals surface area contributed by atoms with E-state index in [2.05, 4.69) is 22.3 Å². The smallest absolute Gasteiger partial charge is 0.334 e. The number of carboxylic acid groups (broad SMARTS) is 1. The molecule has 1 aliphatic heterocycles. The molecule has 0 aliphatic carbocycles. The first-order valence-electron chi connectivity index (χ1n) is 9.92. The molecule has 1 saturated heterocycles. The van der Waals surface area contributed by atoms with E-state index in [1.54, 1.807) is 31.2 Å². The molecule has 148 valence electrons. The number of nitrogens with zero attached hydrogens (tertiary/aromatic N) is 1. The second kappa shape index (κ2) is 9.02. The van der Waals surface area contributed by atoms with Crippen LogP contribution in [0.2, 0.25) is 0 Å². The van der Waals surface area contributed by atoms with Crippen LogP contribution in [0.25, 0.3) is 0 Å². The highest BCUT2D eigenvalue weighted by Crippen LogP contribution is 2.28. The van der Waals surface area contributed by atoms with E-state index >= 15 is 0 Å². The summed E-state index contributed by atoms with van der Waals surface area (Å²) < 4.78 is 0. The number of carbonyl (C=O) groups excluding carboxylic acids is 1. The molecule has 5 heteroatoms. The van der Waals surface area contributed by atoms with Gasteiger partial charge in [0.05, 0.1) is 0 Å². The maximum Gasteiger partial charge on any atom is 0.334 e. The Labute approximate surface area is 166 Å². The van der Waals surface area contributed by atoms with Crippen molar-refractivity contribution >= 4 is 11.9 Å². The summed E-state index contributed by atoms with van der Waals surface area (Å²) in [6, 6.07) is 19.3. The van der Waals surface area contributed by atoms with Crippen LogP contribution in [0.5, 0.6) is 0 Å². The molecule has 1 heterocycles. The van der Waals surface area contributed by atoms with Crippen LogP contribution in [0.3, 0.4) is 0 Å². The first-order chi connectivity index (χ1) is 13.5. The molecule has 2 N–H and O–H groups in total. The van der Waals surface area contributed by atoms with E-state index in [9.17, 15) is 14.7 Å². The fourth-order valence-corrected chi connectivity index (χ4v) is 3.92. The van der Waals surface area contributed by atoms with Crippen LogP contribution < -0.4 is 5.32 Å². The van der Waals surface area contributed by atoms with E-state index in [4.69, 9.17) is 0 Å². The zero-order chi connectivity index (χ0) is 20.0. The van der Waals surface area contributed by atoms with Gasteiger partial charge in [-0.2, -0.15) is 0 Å². The van der Waals surface area contributed by atoms with Gasteiger partial charge < -0.3 is 10.4 Å². The summed E-state index contributed by atoms with van der Waals surface area (Å²) in [5.41, 5.74) is 0.504. The van der Waals surface area contributed by atoms with Gasteiger partial charge in [-0.05, 0) is 43.5 Å². The highest BCUT2D eigenvalue weighted by Gasteiger charge is 2.41. The van der Waals surface area contributed by atoms with Gasteiger partial charge in [0.15, 0.2) is 5.54 Å². The highest BCUT2D eigenvalue weighted by molar-refractivity contribution is 5.89. The Kier molecular flexibility index (Phi) is 6.47. The number of amides is 1. The Morgan fingerprint density at radius 3 is 2.14 bits per heavy atom. The normalized spacial score (nSPS) is 17.6. The molecule has 1 fully saturated rings. The van der Waals surface area contributed by atoms with E-state index in [1.165, 1.54) is 5.56 Å². The third kappa shape index (κ3) is 4.42. The van der Waals surface area contributed by atoms with Crippen molar-refractivity contribution in [3.05, 3.63) is 71.8 Å². The molecule has 0 radical (unpaired) electrons. The van der Waals surface area contributed by atoms with Crippen LogP contribution in [0.4, 0.5) is 0 Å². The van der Waals surface area contributed by atoms with Gasteiger partial charge in [0.25, 0.3) is 0 Å². The number of carbonyl (C=O) groups is 2. The highest BCUT2D eigenvalue weighted by atomic mass is 16.4. The predicted octanol–water partition coefficient (Wildman–Crippen LogP) is 3.40. The van der Waals surface area contributed by atoms with Crippen molar-refractivity contribution in [3.8, 4) is 0 Å². The predicted molar refractivity (Wildman–Crippen MR) is 109 cm³/mol. The van der Waals surface area contributed by atoms with Gasteiger partial charge in [-0.3, -0.25) is 9.69 Å². The molecule has 1 atom stereocenters. The minimum Gasteiger partial charge on any atom is -0.479 e. The Balaban J connectivity index is 1.63. The maximum absolute atomic E-state index is 12.9. The van der Waals surface area contributed by atoms with Crippen molar-refractivity contribution in [2.75, 3.05) is 13.1 Å². The zero-order valence-corrected chi connectivity index (χ0v) is 16.3. The van der Waals surface area contributed by atoms with Crippen molar-refractivity contribution in [1.29, 1.82) is 0 Å². The molecule has 3 rings (SSSR count). The molecule has 28 heavy (non-hydrogen) atoms. The molecule has 0 saturated carbocycles. The number of aliphatic carboxylic acids is 1. The summed E-state index contributed by atoms with van der Waals surface area (Å²) in [6.07, 6.45) is 1.78. The molecule has 1 amide bonds. The molecule has 1 aliphatic rings. The van der Waals surface area contributed by atoms with Gasteiger partial charge in [0, 0.05) is 12.5 Å². The number of hydrogen-bond donors (Lipinski definition) is 2.